The molecule has 0 saturated carbocycles. The van der Waals surface area contributed by atoms with Crippen molar-refractivity contribution < 1.29 is 4.42 Å². The standard InChI is InChI=1S/C52H32N4OS/c1-3-14-32(15-4-1)50-53-51(33-16-5-2-6-17-33)55-52(54-50)40-23-13-27-46-48(40)47-34(18-12-26-45(47)58-46)30-35-19-11-22-39-41-31-36(28-29-44(41)57-49(35)39)56-42-24-9-7-20-37(42)38-21-8-10-25-43(38)56/h1-29,31H,30H2. The van der Waals surface area contributed by atoms with Gasteiger partial charge in [-0.1, -0.05) is 140 Å². The van der Waals surface area contributed by atoms with Gasteiger partial charge in [-0.05, 0) is 53.6 Å². The second-order valence-corrected chi connectivity index (χ2v) is 15.8. The highest BCUT2D eigenvalue weighted by molar-refractivity contribution is 7.26. The Bertz CT molecular complexity index is 3440. The van der Waals surface area contributed by atoms with Crippen molar-refractivity contribution in [1.82, 2.24) is 19.5 Å². The molecule has 12 aromatic rings. The quantitative estimate of drug-likeness (QED) is 0.169. The Labute approximate surface area is 337 Å². The van der Waals surface area contributed by atoms with E-state index < -0.39 is 0 Å². The second kappa shape index (κ2) is 13.1. The Balaban J connectivity index is 1.01. The van der Waals surface area contributed by atoms with E-state index >= 15 is 0 Å². The summed E-state index contributed by atoms with van der Waals surface area (Å²) >= 11 is 1.81. The van der Waals surface area contributed by atoms with Crippen LogP contribution in [0.1, 0.15) is 11.1 Å². The number of nitrogens with zero attached hydrogens (tertiary/aromatic N) is 4. The van der Waals surface area contributed by atoms with Crippen molar-refractivity contribution in [3.8, 4) is 39.9 Å². The van der Waals surface area contributed by atoms with Crippen LogP contribution in [0.4, 0.5) is 0 Å². The molecule has 6 heteroatoms. The molecule has 0 unspecified atom stereocenters. The maximum absolute atomic E-state index is 6.75. The van der Waals surface area contributed by atoms with Crippen LogP contribution in [-0.2, 0) is 6.42 Å². The third-order valence-corrected chi connectivity index (χ3v) is 12.5. The number of rotatable bonds is 6. The average molecular weight is 761 g/mol. The maximum Gasteiger partial charge on any atom is 0.164 e. The van der Waals surface area contributed by atoms with Crippen LogP contribution in [0.15, 0.2) is 186 Å². The van der Waals surface area contributed by atoms with Gasteiger partial charge >= 0.3 is 0 Å². The Morgan fingerprint density at radius 1 is 0.448 bits per heavy atom. The topological polar surface area (TPSA) is 56.7 Å². The first-order valence-corrected chi connectivity index (χ1v) is 20.3. The molecule has 5 nitrogen and oxygen atoms in total. The summed E-state index contributed by atoms with van der Waals surface area (Å²) in [7, 11) is 0. The Morgan fingerprint density at radius 3 is 1.72 bits per heavy atom. The number of hydrogen-bond donors (Lipinski definition) is 0. The minimum absolute atomic E-state index is 0.652. The molecule has 0 aliphatic rings. The van der Waals surface area contributed by atoms with Crippen LogP contribution in [0.2, 0.25) is 0 Å². The number of aromatic nitrogens is 4. The predicted molar refractivity (Wildman–Crippen MR) is 240 cm³/mol. The van der Waals surface area contributed by atoms with E-state index in [4.69, 9.17) is 19.4 Å². The number of hydrogen-bond acceptors (Lipinski definition) is 5. The highest BCUT2D eigenvalue weighted by atomic mass is 32.1. The third kappa shape index (κ3) is 5.19. The van der Waals surface area contributed by atoms with Gasteiger partial charge in [0.05, 0.1) is 11.0 Å². The number of benzene rings is 8. The summed E-state index contributed by atoms with van der Waals surface area (Å²) in [6.07, 6.45) is 0.704. The summed E-state index contributed by atoms with van der Waals surface area (Å²) in [5.41, 5.74) is 10.6. The molecule has 4 heterocycles. The van der Waals surface area contributed by atoms with E-state index in [1.807, 2.05) is 47.7 Å². The molecule has 0 N–H and O–H groups in total. The molecular weight excluding hydrogens is 729 g/mol. The van der Waals surface area contributed by atoms with Crippen LogP contribution in [0.5, 0.6) is 0 Å². The minimum Gasteiger partial charge on any atom is -0.456 e. The maximum atomic E-state index is 6.75. The van der Waals surface area contributed by atoms with Crippen molar-refractivity contribution in [3.05, 3.63) is 193 Å². The lowest BCUT2D eigenvalue weighted by Crippen LogP contribution is -2.00. The van der Waals surface area contributed by atoms with E-state index in [0.717, 1.165) is 55.3 Å². The van der Waals surface area contributed by atoms with Crippen LogP contribution in [-0.4, -0.2) is 19.5 Å². The lowest BCUT2D eigenvalue weighted by Gasteiger charge is -2.11. The number of furan rings is 1. The van der Waals surface area contributed by atoms with Gasteiger partial charge < -0.3 is 8.98 Å². The normalized spacial score (nSPS) is 11.9. The van der Waals surface area contributed by atoms with Gasteiger partial charge in [0.2, 0.25) is 0 Å². The van der Waals surface area contributed by atoms with E-state index in [1.165, 1.54) is 42.2 Å². The number of fused-ring (bicyclic) bond motifs is 9. The van der Waals surface area contributed by atoms with Gasteiger partial charge in [-0.2, -0.15) is 0 Å². The van der Waals surface area contributed by atoms with Gasteiger partial charge in [-0.3, -0.25) is 0 Å². The lowest BCUT2D eigenvalue weighted by atomic mass is 9.96. The monoisotopic (exact) mass is 760 g/mol. The SMILES string of the molecule is c1ccc(-c2nc(-c3ccccc3)nc(-c3cccc4sc5cccc(Cc6cccc7c6oc6ccc(-n8c9ccccc9c9ccccc98)cc67)c5c34)n2)cc1. The molecule has 0 fully saturated rings. The average Bonchev–Trinajstić information content (AvgIpc) is 3.97. The van der Waals surface area contributed by atoms with Crippen LogP contribution >= 0.6 is 11.3 Å². The second-order valence-electron chi connectivity index (χ2n) is 14.7. The van der Waals surface area contributed by atoms with Gasteiger partial charge in [0, 0.05) is 70.5 Å². The molecule has 272 valence electrons. The van der Waals surface area contributed by atoms with Crippen LogP contribution in [0.3, 0.4) is 0 Å². The molecule has 0 bridgehead atoms. The molecule has 0 radical (unpaired) electrons. The molecular formula is C52H32N4OS. The molecule has 0 saturated heterocycles. The summed E-state index contributed by atoms with van der Waals surface area (Å²) < 4.78 is 11.5. The van der Waals surface area contributed by atoms with Gasteiger partial charge in [0.1, 0.15) is 11.2 Å². The number of para-hydroxylation sites is 3. The zero-order valence-electron chi connectivity index (χ0n) is 31.1. The Morgan fingerprint density at radius 2 is 1.02 bits per heavy atom. The highest BCUT2D eigenvalue weighted by Gasteiger charge is 2.20. The van der Waals surface area contributed by atoms with E-state index in [0.29, 0.717) is 23.9 Å². The van der Waals surface area contributed by atoms with Crippen LogP contribution < -0.4 is 0 Å². The van der Waals surface area contributed by atoms with Crippen molar-refractivity contribution >= 4 is 75.3 Å². The smallest absolute Gasteiger partial charge is 0.164 e. The van der Waals surface area contributed by atoms with Gasteiger partial charge in [-0.25, -0.2) is 15.0 Å². The van der Waals surface area contributed by atoms with Crippen LogP contribution in [0.25, 0.3) is 104 Å². The van der Waals surface area contributed by atoms with Crippen molar-refractivity contribution in [2.45, 2.75) is 6.42 Å². The largest absolute Gasteiger partial charge is 0.456 e. The Kier molecular flexibility index (Phi) is 7.40. The summed E-state index contributed by atoms with van der Waals surface area (Å²) in [6, 6.07) is 63.9. The molecule has 0 amide bonds. The third-order valence-electron chi connectivity index (χ3n) is 11.3. The molecule has 0 spiro atoms. The summed E-state index contributed by atoms with van der Waals surface area (Å²) in [6.45, 7) is 0. The molecule has 0 atom stereocenters. The van der Waals surface area contributed by atoms with Gasteiger partial charge in [0.25, 0.3) is 0 Å². The first-order valence-electron chi connectivity index (χ1n) is 19.5. The summed E-state index contributed by atoms with van der Waals surface area (Å²) in [5, 5.41) is 7.11. The van der Waals surface area contributed by atoms with Gasteiger partial charge in [-0.15, -0.1) is 11.3 Å². The zero-order valence-corrected chi connectivity index (χ0v) is 31.9. The van der Waals surface area contributed by atoms with Crippen LogP contribution in [0, 0.1) is 0 Å². The predicted octanol–water partition coefficient (Wildman–Crippen LogP) is 13.8. The fourth-order valence-corrected chi connectivity index (χ4v) is 9.91. The van der Waals surface area contributed by atoms with Crippen molar-refractivity contribution in [1.29, 1.82) is 0 Å². The fourth-order valence-electron chi connectivity index (χ4n) is 8.73. The van der Waals surface area contributed by atoms with Gasteiger partial charge in [0.15, 0.2) is 17.5 Å². The van der Waals surface area contributed by atoms with E-state index in [2.05, 4.69) is 150 Å². The van der Waals surface area contributed by atoms with E-state index in [-0.39, 0.29) is 0 Å². The Hall–Kier alpha value is -7.41. The summed E-state index contributed by atoms with van der Waals surface area (Å²) in [5.74, 6) is 1.96. The molecule has 0 aliphatic heterocycles. The summed E-state index contributed by atoms with van der Waals surface area (Å²) in [4.78, 5) is 15.2. The fraction of sp³-hybridized carbons (Fsp3) is 0.0192. The molecule has 0 aliphatic carbocycles. The first kappa shape index (κ1) is 32.8. The molecule has 12 rings (SSSR count). The highest BCUT2D eigenvalue weighted by Crippen LogP contribution is 2.43. The zero-order chi connectivity index (χ0) is 38.2. The van der Waals surface area contributed by atoms with E-state index in [9.17, 15) is 0 Å². The molecule has 58 heavy (non-hydrogen) atoms. The molecule has 8 aromatic carbocycles. The molecule has 4 aromatic heterocycles. The number of thiophene rings is 1. The van der Waals surface area contributed by atoms with Crippen molar-refractivity contribution in [2.75, 3.05) is 0 Å². The minimum atomic E-state index is 0.652. The first-order chi connectivity index (χ1) is 28.7. The lowest BCUT2D eigenvalue weighted by molar-refractivity contribution is 0.664. The van der Waals surface area contributed by atoms with Crippen molar-refractivity contribution in [2.24, 2.45) is 0 Å². The van der Waals surface area contributed by atoms with E-state index in [1.54, 1.807) is 0 Å². The van der Waals surface area contributed by atoms with Crippen molar-refractivity contribution in [3.63, 3.8) is 0 Å².